The fourth-order valence-corrected chi connectivity index (χ4v) is 3.21. The van der Waals surface area contributed by atoms with Gasteiger partial charge in [0.05, 0.1) is 10.4 Å². The minimum atomic E-state index is -0.437. The van der Waals surface area contributed by atoms with Crippen molar-refractivity contribution in [3.05, 3.63) is 40.7 Å². The number of likely N-dealkylation sites (N-methyl/N-ethyl adjacent to an activating group) is 1. The number of aromatic nitrogens is 5. The van der Waals surface area contributed by atoms with E-state index in [1.165, 1.54) is 11.0 Å². The lowest BCUT2D eigenvalue weighted by molar-refractivity contribution is -0.384. The van der Waals surface area contributed by atoms with Crippen LogP contribution in [-0.2, 0) is 0 Å². The Kier molecular flexibility index (Phi) is 4.17. The molecule has 3 heterocycles. The minimum Gasteiger partial charge on any atom is -0.348 e. The number of fused-ring (bicyclic) bond motifs is 1. The summed E-state index contributed by atoms with van der Waals surface area (Å²) in [6.45, 7) is 6.14. The molecular formula is C16H18N8O2. The van der Waals surface area contributed by atoms with Crippen molar-refractivity contribution in [3.63, 3.8) is 0 Å². The van der Waals surface area contributed by atoms with Crippen LogP contribution in [0.1, 0.15) is 6.92 Å². The Labute approximate surface area is 149 Å². The first-order chi connectivity index (χ1) is 12.7. The minimum absolute atomic E-state index is 0.131. The molecule has 0 spiro atoms. The summed E-state index contributed by atoms with van der Waals surface area (Å²) < 4.78 is 1.40. The molecule has 1 aromatic carbocycles. The van der Waals surface area contributed by atoms with Crippen molar-refractivity contribution < 1.29 is 4.92 Å². The van der Waals surface area contributed by atoms with Crippen LogP contribution in [0.3, 0.4) is 0 Å². The monoisotopic (exact) mass is 354 g/mol. The molecule has 0 N–H and O–H groups in total. The average molecular weight is 354 g/mol. The van der Waals surface area contributed by atoms with E-state index < -0.39 is 4.92 Å². The van der Waals surface area contributed by atoms with Crippen molar-refractivity contribution in [1.29, 1.82) is 0 Å². The second-order valence-corrected chi connectivity index (χ2v) is 6.04. The summed E-state index contributed by atoms with van der Waals surface area (Å²) >= 11 is 0. The van der Waals surface area contributed by atoms with Crippen LogP contribution >= 0.6 is 0 Å². The number of anilines is 1. The van der Waals surface area contributed by atoms with Gasteiger partial charge in [0.25, 0.3) is 0 Å². The Bertz CT molecular complexity index is 948. The molecule has 1 aliphatic rings. The molecule has 1 aliphatic heterocycles. The maximum absolute atomic E-state index is 11.9. The third-order valence-corrected chi connectivity index (χ3v) is 4.64. The van der Waals surface area contributed by atoms with Crippen LogP contribution in [0.15, 0.2) is 30.6 Å². The van der Waals surface area contributed by atoms with E-state index in [2.05, 4.69) is 32.1 Å². The summed E-state index contributed by atoms with van der Waals surface area (Å²) in [4.78, 5) is 24.0. The van der Waals surface area contributed by atoms with Crippen molar-refractivity contribution in [1.82, 2.24) is 29.9 Å². The topological polar surface area (TPSA) is 106 Å². The Morgan fingerprint density at radius 3 is 2.58 bits per heavy atom. The standard InChI is InChI=1S/C16H18N8O2/c1-2-21-7-9-22(10-8-21)15-14(24(25)26)16(18-11-17-15)23-13-6-4-3-5-12(13)19-20-23/h3-6,11H,2,7-10H2,1H3. The Hall–Kier alpha value is -3.14. The first-order valence-electron chi connectivity index (χ1n) is 8.46. The molecule has 2 aromatic heterocycles. The second-order valence-electron chi connectivity index (χ2n) is 6.04. The van der Waals surface area contributed by atoms with E-state index in [-0.39, 0.29) is 11.5 Å². The van der Waals surface area contributed by atoms with Crippen molar-refractivity contribution >= 4 is 22.5 Å². The summed E-state index contributed by atoms with van der Waals surface area (Å²) in [6.07, 6.45) is 1.35. The molecule has 10 heteroatoms. The van der Waals surface area contributed by atoms with Gasteiger partial charge >= 0.3 is 5.69 Å². The van der Waals surface area contributed by atoms with Gasteiger partial charge in [-0.1, -0.05) is 24.3 Å². The Morgan fingerprint density at radius 2 is 1.85 bits per heavy atom. The molecule has 0 amide bonds. The second kappa shape index (κ2) is 6.64. The zero-order chi connectivity index (χ0) is 18.1. The molecule has 3 aromatic rings. The van der Waals surface area contributed by atoms with E-state index in [9.17, 15) is 10.1 Å². The first kappa shape index (κ1) is 16.3. The number of hydrogen-bond acceptors (Lipinski definition) is 8. The van der Waals surface area contributed by atoms with Crippen molar-refractivity contribution in [3.8, 4) is 5.82 Å². The van der Waals surface area contributed by atoms with Crippen molar-refractivity contribution in [2.45, 2.75) is 6.92 Å². The lowest BCUT2D eigenvalue weighted by Crippen LogP contribution is -2.46. The summed E-state index contributed by atoms with van der Waals surface area (Å²) in [5.74, 6) is 0.460. The van der Waals surface area contributed by atoms with Gasteiger partial charge in [-0.15, -0.1) is 5.10 Å². The van der Waals surface area contributed by atoms with Crippen molar-refractivity contribution in [2.24, 2.45) is 0 Å². The van der Waals surface area contributed by atoms with Crippen LogP contribution in [-0.4, -0.2) is 67.5 Å². The van der Waals surface area contributed by atoms with Gasteiger partial charge in [0, 0.05) is 26.2 Å². The van der Waals surface area contributed by atoms with Gasteiger partial charge in [0.1, 0.15) is 11.8 Å². The molecular weight excluding hydrogens is 336 g/mol. The Morgan fingerprint density at radius 1 is 1.12 bits per heavy atom. The Balaban J connectivity index is 1.80. The maximum Gasteiger partial charge on any atom is 0.355 e. The third-order valence-electron chi connectivity index (χ3n) is 4.64. The van der Waals surface area contributed by atoms with Crippen LogP contribution in [0, 0.1) is 10.1 Å². The highest BCUT2D eigenvalue weighted by atomic mass is 16.6. The lowest BCUT2D eigenvalue weighted by atomic mass is 10.3. The quantitative estimate of drug-likeness (QED) is 0.509. The normalized spacial score (nSPS) is 15.5. The predicted octanol–water partition coefficient (Wildman–Crippen LogP) is 1.26. The third kappa shape index (κ3) is 2.73. The maximum atomic E-state index is 11.9. The number of nitro groups is 1. The molecule has 26 heavy (non-hydrogen) atoms. The van der Waals surface area contributed by atoms with E-state index in [0.29, 0.717) is 29.9 Å². The van der Waals surface area contributed by atoms with Crippen molar-refractivity contribution in [2.75, 3.05) is 37.6 Å². The smallest absolute Gasteiger partial charge is 0.348 e. The summed E-state index contributed by atoms with van der Waals surface area (Å²) in [5, 5.41) is 20.0. The van der Waals surface area contributed by atoms with Crippen LogP contribution in [0.25, 0.3) is 16.9 Å². The van der Waals surface area contributed by atoms with Crippen LogP contribution in [0.2, 0.25) is 0 Å². The molecule has 0 radical (unpaired) electrons. The van der Waals surface area contributed by atoms with Crippen LogP contribution in [0.5, 0.6) is 0 Å². The van der Waals surface area contributed by atoms with Gasteiger partial charge < -0.3 is 9.80 Å². The largest absolute Gasteiger partial charge is 0.355 e. The molecule has 0 saturated carbocycles. The number of benzene rings is 1. The number of para-hydroxylation sites is 1. The summed E-state index contributed by atoms with van der Waals surface area (Å²) in [5.41, 5.74) is 1.17. The van der Waals surface area contributed by atoms with E-state index in [1.54, 1.807) is 12.1 Å². The fourth-order valence-electron chi connectivity index (χ4n) is 3.21. The molecule has 1 fully saturated rings. The average Bonchev–Trinajstić information content (AvgIpc) is 3.11. The molecule has 0 bridgehead atoms. The van der Waals surface area contributed by atoms with E-state index >= 15 is 0 Å². The van der Waals surface area contributed by atoms with Crippen LogP contribution in [0.4, 0.5) is 11.5 Å². The molecule has 1 saturated heterocycles. The molecule has 0 atom stereocenters. The van der Waals surface area contributed by atoms with Gasteiger partial charge in [-0.3, -0.25) is 10.1 Å². The van der Waals surface area contributed by atoms with E-state index in [1.807, 2.05) is 17.0 Å². The van der Waals surface area contributed by atoms with Gasteiger partial charge in [-0.2, -0.15) is 4.68 Å². The number of hydrogen-bond donors (Lipinski definition) is 0. The highest BCUT2D eigenvalue weighted by Crippen LogP contribution is 2.32. The molecule has 10 nitrogen and oxygen atoms in total. The highest BCUT2D eigenvalue weighted by molar-refractivity contribution is 5.77. The number of piperazine rings is 1. The predicted molar refractivity (Wildman–Crippen MR) is 95.4 cm³/mol. The lowest BCUT2D eigenvalue weighted by Gasteiger charge is -2.34. The first-order valence-corrected chi connectivity index (χ1v) is 8.46. The zero-order valence-corrected chi connectivity index (χ0v) is 14.3. The van der Waals surface area contributed by atoms with Crippen LogP contribution < -0.4 is 4.90 Å². The fraction of sp³-hybridized carbons (Fsp3) is 0.375. The summed E-state index contributed by atoms with van der Waals surface area (Å²) in [6, 6.07) is 7.28. The molecule has 0 aliphatic carbocycles. The highest BCUT2D eigenvalue weighted by Gasteiger charge is 2.30. The molecule has 4 rings (SSSR count). The van der Waals surface area contributed by atoms with Gasteiger partial charge in [-0.05, 0) is 18.7 Å². The number of nitrogens with zero attached hydrogens (tertiary/aromatic N) is 8. The SMILES string of the molecule is CCN1CCN(c2ncnc(-n3nnc4ccccc43)c2[N+](=O)[O-])CC1. The number of rotatable bonds is 4. The zero-order valence-electron chi connectivity index (χ0n) is 14.3. The molecule has 0 unspecified atom stereocenters. The van der Waals surface area contributed by atoms with E-state index in [0.717, 1.165) is 19.6 Å². The molecule has 134 valence electrons. The van der Waals surface area contributed by atoms with Gasteiger partial charge in [0.15, 0.2) is 0 Å². The summed E-state index contributed by atoms with van der Waals surface area (Å²) in [7, 11) is 0. The van der Waals surface area contributed by atoms with Gasteiger partial charge in [0.2, 0.25) is 11.6 Å². The van der Waals surface area contributed by atoms with Gasteiger partial charge in [-0.25, -0.2) is 9.97 Å². The van der Waals surface area contributed by atoms with E-state index in [4.69, 9.17) is 0 Å².